The fourth-order valence-electron chi connectivity index (χ4n) is 4.34. The van der Waals surface area contributed by atoms with Crippen molar-refractivity contribution in [1.82, 2.24) is 10.2 Å². The first-order valence-electron chi connectivity index (χ1n) is 12.0. The molecule has 0 aromatic heterocycles. The molecular weight excluding hydrogens is 485 g/mol. The van der Waals surface area contributed by atoms with E-state index in [0.29, 0.717) is 11.3 Å². The monoisotopic (exact) mass is 515 g/mol. The number of rotatable bonds is 10. The number of nitrogens with two attached hydrogens (primary N) is 1. The predicted octanol–water partition coefficient (Wildman–Crippen LogP) is 3.61. The molecule has 36 heavy (non-hydrogen) atoms. The molecule has 8 nitrogen and oxygen atoms in total. The van der Waals surface area contributed by atoms with Gasteiger partial charge in [-0.1, -0.05) is 67.6 Å². The Labute approximate surface area is 214 Å². The summed E-state index contributed by atoms with van der Waals surface area (Å²) in [6.07, 6.45) is 5.70. The fraction of sp³-hybridized carbons (Fsp3) is 0.385. The maximum absolute atomic E-state index is 14.2. The van der Waals surface area contributed by atoms with Crippen LogP contribution >= 0.6 is 11.6 Å². The van der Waals surface area contributed by atoms with Gasteiger partial charge in [-0.3, -0.25) is 19.8 Å². The molecule has 0 saturated heterocycles. The molecule has 1 saturated carbocycles. The molecule has 0 atom stereocenters. The zero-order valence-corrected chi connectivity index (χ0v) is 20.7. The van der Waals surface area contributed by atoms with Gasteiger partial charge in [-0.05, 0) is 25.0 Å². The van der Waals surface area contributed by atoms with E-state index in [-0.39, 0.29) is 47.9 Å². The van der Waals surface area contributed by atoms with E-state index in [1.54, 1.807) is 41.3 Å². The van der Waals surface area contributed by atoms with Gasteiger partial charge >= 0.3 is 0 Å². The molecule has 0 unspecified atom stereocenters. The van der Waals surface area contributed by atoms with Crippen molar-refractivity contribution in [3.63, 3.8) is 0 Å². The number of hydrogen-bond donors (Lipinski definition) is 4. The van der Waals surface area contributed by atoms with Gasteiger partial charge in [-0.15, -0.1) is 0 Å². The summed E-state index contributed by atoms with van der Waals surface area (Å²) in [5.41, 5.74) is 5.87. The van der Waals surface area contributed by atoms with Crippen molar-refractivity contribution in [2.45, 2.75) is 51.1 Å². The Bertz CT molecular complexity index is 1120. The first-order chi connectivity index (χ1) is 17.3. The standard InChI is InChI=1S/C26H31ClFN5O3/c27-20-12-7-8-17(24(20)28)14-32-22(34)16-33(18-9-3-1-2-4-10-18)23(35)15-31-21-13-6-5-11-19(21)25(29)26(30)36/h5-8,11-13,18,29,31H,1-4,9-10,14-16H2,(H2,30,36)(H,32,34). The quantitative estimate of drug-likeness (QED) is 0.284. The molecule has 3 rings (SSSR count). The minimum Gasteiger partial charge on any atom is -0.376 e. The number of hydrogen-bond acceptors (Lipinski definition) is 5. The van der Waals surface area contributed by atoms with Crippen molar-refractivity contribution < 1.29 is 18.8 Å². The van der Waals surface area contributed by atoms with Gasteiger partial charge in [0, 0.05) is 29.4 Å². The second-order valence-electron chi connectivity index (χ2n) is 8.80. The molecule has 3 amide bonds. The maximum atomic E-state index is 14.2. The van der Waals surface area contributed by atoms with Crippen LogP contribution in [0.4, 0.5) is 10.1 Å². The number of para-hydroxylation sites is 1. The molecule has 5 N–H and O–H groups in total. The number of nitrogens with zero attached hydrogens (tertiary/aromatic N) is 1. The van der Waals surface area contributed by atoms with E-state index in [1.165, 1.54) is 6.07 Å². The highest BCUT2D eigenvalue weighted by atomic mass is 35.5. The Balaban J connectivity index is 1.70. The number of carbonyl (C=O) groups excluding carboxylic acids is 3. The summed E-state index contributed by atoms with van der Waals surface area (Å²) in [6.45, 7) is -0.333. The second kappa shape index (κ2) is 13.0. The highest BCUT2D eigenvalue weighted by Gasteiger charge is 2.27. The highest BCUT2D eigenvalue weighted by molar-refractivity contribution is 6.44. The average molecular weight is 516 g/mol. The van der Waals surface area contributed by atoms with Crippen LogP contribution < -0.4 is 16.4 Å². The van der Waals surface area contributed by atoms with Crippen LogP contribution in [-0.4, -0.2) is 47.5 Å². The summed E-state index contributed by atoms with van der Waals surface area (Å²) in [5, 5.41) is 13.6. The van der Waals surface area contributed by atoms with Gasteiger partial charge in [0.15, 0.2) is 0 Å². The molecule has 192 valence electrons. The molecule has 1 aliphatic carbocycles. The number of halogens is 2. The third-order valence-electron chi connectivity index (χ3n) is 6.28. The van der Waals surface area contributed by atoms with E-state index in [2.05, 4.69) is 10.6 Å². The fourth-order valence-corrected chi connectivity index (χ4v) is 4.53. The Kier molecular flexibility index (Phi) is 9.81. The van der Waals surface area contributed by atoms with E-state index in [1.807, 2.05) is 0 Å². The van der Waals surface area contributed by atoms with Gasteiger partial charge in [-0.2, -0.15) is 0 Å². The van der Waals surface area contributed by atoms with E-state index >= 15 is 0 Å². The van der Waals surface area contributed by atoms with E-state index in [9.17, 15) is 18.8 Å². The number of nitrogens with one attached hydrogen (secondary N) is 3. The van der Waals surface area contributed by atoms with Crippen molar-refractivity contribution in [3.05, 3.63) is 64.4 Å². The van der Waals surface area contributed by atoms with Crippen molar-refractivity contribution in [2.75, 3.05) is 18.4 Å². The molecule has 0 heterocycles. The smallest absolute Gasteiger partial charge is 0.267 e. The lowest BCUT2D eigenvalue weighted by atomic mass is 10.1. The predicted molar refractivity (Wildman–Crippen MR) is 137 cm³/mol. The minimum absolute atomic E-state index is 0.0206. The number of benzene rings is 2. The van der Waals surface area contributed by atoms with Gasteiger partial charge in [-0.25, -0.2) is 4.39 Å². The molecule has 2 aromatic carbocycles. The Morgan fingerprint density at radius 2 is 1.75 bits per heavy atom. The zero-order chi connectivity index (χ0) is 26.1. The van der Waals surface area contributed by atoms with E-state index < -0.39 is 17.6 Å². The number of carbonyl (C=O) groups is 3. The van der Waals surface area contributed by atoms with Crippen LogP contribution in [0.15, 0.2) is 42.5 Å². The van der Waals surface area contributed by atoms with Crippen LogP contribution in [-0.2, 0) is 20.9 Å². The van der Waals surface area contributed by atoms with Crippen molar-refractivity contribution in [2.24, 2.45) is 5.73 Å². The van der Waals surface area contributed by atoms with Crippen LogP contribution in [0.2, 0.25) is 5.02 Å². The first-order valence-corrected chi connectivity index (χ1v) is 12.4. The van der Waals surface area contributed by atoms with Crippen LogP contribution in [0.5, 0.6) is 0 Å². The van der Waals surface area contributed by atoms with Crippen LogP contribution in [0.1, 0.15) is 49.7 Å². The molecule has 0 bridgehead atoms. The minimum atomic E-state index is -0.872. The summed E-state index contributed by atoms with van der Waals surface area (Å²) in [6, 6.07) is 11.1. The SMILES string of the molecule is N=C(C(N)=O)c1ccccc1NCC(=O)N(CC(=O)NCc1cccc(Cl)c1F)C1CCCCCC1. The molecule has 1 aliphatic rings. The van der Waals surface area contributed by atoms with Crippen LogP contribution in [0.3, 0.4) is 0 Å². The Hall–Kier alpha value is -3.46. The summed E-state index contributed by atoms with van der Waals surface area (Å²) < 4.78 is 14.2. The Morgan fingerprint density at radius 1 is 1.06 bits per heavy atom. The van der Waals surface area contributed by atoms with Gasteiger partial charge in [0.05, 0.1) is 18.1 Å². The number of anilines is 1. The van der Waals surface area contributed by atoms with Crippen molar-refractivity contribution >= 4 is 40.7 Å². The molecular formula is C26H31ClFN5O3. The topological polar surface area (TPSA) is 128 Å². The van der Waals surface area contributed by atoms with Crippen LogP contribution in [0.25, 0.3) is 0 Å². The maximum Gasteiger partial charge on any atom is 0.267 e. The number of amides is 3. The van der Waals surface area contributed by atoms with Gasteiger partial charge < -0.3 is 21.3 Å². The largest absolute Gasteiger partial charge is 0.376 e. The third-order valence-corrected chi connectivity index (χ3v) is 6.57. The molecule has 2 aromatic rings. The summed E-state index contributed by atoms with van der Waals surface area (Å²) in [7, 11) is 0. The van der Waals surface area contributed by atoms with Crippen molar-refractivity contribution in [3.8, 4) is 0 Å². The molecule has 0 aliphatic heterocycles. The van der Waals surface area contributed by atoms with Gasteiger partial charge in [0.1, 0.15) is 11.5 Å². The molecule has 10 heteroatoms. The van der Waals surface area contributed by atoms with E-state index in [0.717, 1.165) is 38.5 Å². The molecule has 0 spiro atoms. The summed E-state index contributed by atoms with van der Waals surface area (Å²) in [4.78, 5) is 39.2. The first kappa shape index (κ1) is 27.1. The number of primary amides is 1. The summed E-state index contributed by atoms with van der Waals surface area (Å²) >= 11 is 5.82. The Morgan fingerprint density at radius 3 is 2.44 bits per heavy atom. The van der Waals surface area contributed by atoms with Gasteiger partial charge in [0.25, 0.3) is 5.91 Å². The lowest BCUT2D eigenvalue weighted by molar-refractivity contribution is -0.137. The highest BCUT2D eigenvalue weighted by Crippen LogP contribution is 2.23. The van der Waals surface area contributed by atoms with Crippen molar-refractivity contribution in [1.29, 1.82) is 5.41 Å². The van der Waals surface area contributed by atoms with Crippen LogP contribution in [0, 0.1) is 11.2 Å². The third kappa shape index (κ3) is 7.27. The second-order valence-corrected chi connectivity index (χ2v) is 9.20. The molecule has 0 radical (unpaired) electrons. The molecule has 1 fully saturated rings. The average Bonchev–Trinajstić information content (AvgIpc) is 3.16. The lowest BCUT2D eigenvalue weighted by Gasteiger charge is -2.31. The zero-order valence-electron chi connectivity index (χ0n) is 20.0. The van der Waals surface area contributed by atoms with Gasteiger partial charge in [0.2, 0.25) is 11.8 Å². The van der Waals surface area contributed by atoms with E-state index in [4.69, 9.17) is 22.7 Å². The lowest BCUT2D eigenvalue weighted by Crippen LogP contribution is -2.48. The normalized spacial score (nSPS) is 13.9. The summed E-state index contributed by atoms with van der Waals surface area (Å²) in [5.74, 6) is -2.14.